The Kier molecular flexibility index (Phi) is 4.47. The fourth-order valence-corrected chi connectivity index (χ4v) is 3.35. The van der Waals surface area contributed by atoms with Crippen LogP contribution in [0.3, 0.4) is 0 Å². The van der Waals surface area contributed by atoms with Crippen LogP contribution in [-0.2, 0) is 0 Å². The first-order valence-electron chi connectivity index (χ1n) is 8.86. The van der Waals surface area contributed by atoms with Gasteiger partial charge >= 0.3 is 0 Å². The first kappa shape index (κ1) is 17.0. The van der Waals surface area contributed by atoms with Gasteiger partial charge in [-0.25, -0.2) is 4.39 Å². The maximum atomic E-state index is 13.2. The highest BCUT2D eigenvalue weighted by Crippen LogP contribution is 2.35. The number of carbonyl (C=O) groups is 1. The zero-order valence-electron chi connectivity index (χ0n) is 14.9. The third kappa shape index (κ3) is 3.34. The molecule has 1 atom stereocenters. The van der Waals surface area contributed by atoms with Gasteiger partial charge in [-0.05, 0) is 55.5 Å². The van der Waals surface area contributed by atoms with E-state index < -0.39 is 0 Å². The molecule has 0 radical (unpaired) electrons. The lowest BCUT2D eigenvalue weighted by atomic mass is 9.98. The van der Waals surface area contributed by atoms with Crippen LogP contribution in [-0.4, -0.2) is 11.9 Å². The van der Waals surface area contributed by atoms with E-state index in [2.05, 4.69) is 5.32 Å². The summed E-state index contributed by atoms with van der Waals surface area (Å²) in [6.45, 7) is 1.98. The molecule has 0 spiro atoms. The summed E-state index contributed by atoms with van der Waals surface area (Å²) in [6.07, 6.45) is 2.04. The van der Waals surface area contributed by atoms with Crippen LogP contribution in [0.2, 0.25) is 0 Å². The Balaban J connectivity index is 1.72. The average Bonchev–Trinajstić information content (AvgIpc) is 2.69. The topological polar surface area (TPSA) is 32.3 Å². The zero-order valence-corrected chi connectivity index (χ0v) is 14.9. The molecule has 134 valence electrons. The highest BCUT2D eigenvalue weighted by atomic mass is 19.1. The molecule has 1 aliphatic rings. The molecule has 1 heterocycles. The van der Waals surface area contributed by atoms with Gasteiger partial charge in [-0.1, -0.05) is 36.4 Å². The number of rotatable bonds is 3. The average molecular weight is 358 g/mol. The van der Waals surface area contributed by atoms with E-state index in [4.69, 9.17) is 0 Å². The van der Waals surface area contributed by atoms with Crippen LogP contribution in [0.1, 0.15) is 22.8 Å². The highest BCUT2D eigenvalue weighted by molar-refractivity contribution is 6.09. The van der Waals surface area contributed by atoms with Gasteiger partial charge in [0, 0.05) is 22.5 Å². The monoisotopic (exact) mass is 358 g/mol. The molecule has 1 N–H and O–H groups in total. The molecule has 3 aromatic carbocycles. The van der Waals surface area contributed by atoms with Gasteiger partial charge in [-0.2, -0.15) is 0 Å². The molecule has 27 heavy (non-hydrogen) atoms. The predicted molar refractivity (Wildman–Crippen MR) is 107 cm³/mol. The lowest BCUT2D eigenvalue weighted by molar-refractivity contribution is 0.0982. The summed E-state index contributed by atoms with van der Waals surface area (Å²) in [6, 6.07) is 23.3. The largest absolute Gasteiger partial charge is 0.355 e. The quantitative estimate of drug-likeness (QED) is 0.686. The number of halogens is 1. The van der Waals surface area contributed by atoms with Gasteiger partial charge in [-0.15, -0.1) is 0 Å². The van der Waals surface area contributed by atoms with Crippen molar-refractivity contribution in [2.45, 2.75) is 13.0 Å². The molecule has 4 rings (SSSR count). The van der Waals surface area contributed by atoms with Crippen molar-refractivity contribution in [2.75, 3.05) is 10.2 Å². The van der Waals surface area contributed by atoms with Crippen LogP contribution in [0.4, 0.5) is 15.8 Å². The molecule has 1 amide bonds. The van der Waals surface area contributed by atoms with E-state index in [1.165, 1.54) is 24.3 Å². The SMILES string of the molecule is C[C@H]1C=C(Nc2ccccc2)c2ccccc2N1C(=O)c1ccc(F)cc1. The summed E-state index contributed by atoms with van der Waals surface area (Å²) in [5.74, 6) is -0.502. The zero-order chi connectivity index (χ0) is 18.8. The van der Waals surface area contributed by atoms with E-state index >= 15 is 0 Å². The molecule has 0 saturated heterocycles. The highest BCUT2D eigenvalue weighted by Gasteiger charge is 2.29. The van der Waals surface area contributed by atoms with Gasteiger partial charge in [0.05, 0.1) is 11.7 Å². The van der Waals surface area contributed by atoms with E-state index in [0.29, 0.717) is 5.56 Å². The van der Waals surface area contributed by atoms with Crippen LogP contribution < -0.4 is 10.2 Å². The standard InChI is InChI=1S/C23H19FN2O/c1-16-15-21(25-19-7-3-2-4-8-19)20-9-5-6-10-22(20)26(16)23(27)17-11-13-18(24)14-12-17/h2-16,25H,1H3/t16-/m0/s1. The second kappa shape index (κ2) is 7.08. The van der Waals surface area contributed by atoms with E-state index in [-0.39, 0.29) is 17.8 Å². The number of hydrogen-bond donors (Lipinski definition) is 1. The van der Waals surface area contributed by atoms with Gasteiger partial charge in [-0.3, -0.25) is 4.79 Å². The molecular weight excluding hydrogens is 339 g/mol. The minimum Gasteiger partial charge on any atom is -0.355 e. The Bertz CT molecular complexity index is 996. The Hall–Kier alpha value is -3.40. The van der Waals surface area contributed by atoms with Crippen molar-refractivity contribution in [1.29, 1.82) is 0 Å². The van der Waals surface area contributed by atoms with Gasteiger partial charge in [0.25, 0.3) is 5.91 Å². The normalized spacial score (nSPS) is 15.7. The minimum absolute atomic E-state index is 0.148. The van der Waals surface area contributed by atoms with Gasteiger partial charge in [0.1, 0.15) is 5.82 Å². The van der Waals surface area contributed by atoms with Crippen molar-refractivity contribution in [1.82, 2.24) is 0 Å². The van der Waals surface area contributed by atoms with Crippen molar-refractivity contribution in [3.63, 3.8) is 0 Å². The van der Waals surface area contributed by atoms with Crippen LogP contribution in [0, 0.1) is 5.82 Å². The smallest absolute Gasteiger partial charge is 0.258 e. The minimum atomic E-state index is -0.354. The Labute approximate surface area is 157 Å². The Morgan fingerprint density at radius 3 is 2.33 bits per heavy atom. The summed E-state index contributed by atoms with van der Waals surface area (Å²) in [5.41, 5.74) is 4.21. The number of anilines is 2. The van der Waals surface area contributed by atoms with Crippen molar-refractivity contribution in [2.24, 2.45) is 0 Å². The van der Waals surface area contributed by atoms with E-state index in [0.717, 1.165) is 22.6 Å². The Morgan fingerprint density at radius 1 is 0.926 bits per heavy atom. The summed E-state index contributed by atoms with van der Waals surface area (Å²) in [4.78, 5) is 14.9. The van der Waals surface area contributed by atoms with Gasteiger partial charge in [0.15, 0.2) is 0 Å². The molecule has 0 aliphatic carbocycles. The van der Waals surface area contributed by atoms with E-state index in [1.807, 2.05) is 67.6 Å². The maximum absolute atomic E-state index is 13.2. The number of para-hydroxylation sites is 2. The summed E-state index contributed by atoms with van der Waals surface area (Å²) in [7, 11) is 0. The number of nitrogens with one attached hydrogen (secondary N) is 1. The maximum Gasteiger partial charge on any atom is 0.258 e. The number of carbonyl (C=O) groups excluding carboxylic acids is 1. The first-order valence-corrected chi connectivity index (χ1v) is 8.86. The number of hydrogen-bond acceptors (Lipinski definition) is 2. The molecule has 0 aromatic heterocycles. The molecular formula is C23H19FN2O. The van der Waals surface area contributed by atoms with Gasteiger partial charge in [0.2, 0.25) is 0 Å². The van der Waals surface area contributed by atoms with E-state index in [9.17, 15) is 9.18 Å². The van der Waals surface area contributed by atoms with Crippen molar-refractivity contribution >= 4 is 23.0 Å². The molecule has 3 nitrogen and oxygen atoms in total. The van der Waals surface area contributed by atoms with Crippen LogP contribution in [0.15, 0.2) is 84.9 Å². The molecule has 1 aliphatic heterocycles. The van der Waals surface area contributed by atoms with Crippen LogP contribution >= 0.6 is 0 Å². The van der Waals surface area contributed by atoms with Crippen molar-refractivity contribution in [3.8, 4) is 0 Å². The third-order valence-electron chi connectivity index (χ3n) is 4.63. The van der Waals surface area contributed by atoms with E-state index in [1.54, 1.807) is 4.90 Å². The second-order valence-electron chi connectivity index (χ2n) is 6.51. The molecule has 0 bridgehead atoms. The van der Waals surface area contributed by atoms with Crippen LogP contribution in [0.25, 0.3) is 5.70 Å². The lowest BCUT2D eigenvalue weighted by Crippen LogP contribution is -2.40. The molecule has 4 heteroatoms. The molecule has 3 aromatic rings. The fourth-order valence-electron chi connectivity index (χ4n) is 3.35. The van der Waals surface area contributed by atoms with Crippen molar-refractivity contribution in [3.05, 3.63) is 102 Å². The molecule has 0 fully saturated rings. The first-order chi connectivity index (χ1) is 13.1. The molecule has 0 saturated carbocycles. The summed E-state index contributed by atoms with van der Waals surface area (Å²) >= 11 is 0. The Morgan fingerprint density at radius 2 is 1.59 bits per heavy atom. The number of benzene rings is 3. The summed E-state index contributed by atoms with van der Waals surface area (Å²) < 4.78 is 13.2. The van der Waals surface area contributed by atoms with Crippen molar-refractivity contribution < 1.29 is 9.18 Å². The van der Waals surface area contributed by atoms with Gasteiger partial charge < -0.3 is 10.2 Å². The predicted octanol–water partition coefficient (Wildman–Crippen LogP) is 5.33. The number of fused-ring (bicyclic) bond motifs is 1. The number of nitrogens with zero attached hydrogens (tertiary/aromatic N) is 1. The second-order valence-corrected chi connectivity index (χ2v) is 6.51. The summed E-state index contributed by atoms with van der Waals surface area (Å²) in [5, 5.41) is 3.45. The third-order valence-corrected chi connectivity index (χ3v) is 4.63. The lowest BCUT2D eigenvalue weighted by Gasteiger charge is -2.34. The number of amides is 1. The molecule has 0 unspecified atom stereocenters. The fraction of sp³-hybridized carbons (Fsp3) is 0.0870. The van der Waals surface area contributed by atoms with Crippen LogP contribution in [0.5, 0.6) is 0 Å².